The topological polar surface area (TPSA) is 127 Å². The highest BCUT2D eigenvalue weighted by Gasteiger charge is 2.26. The van der Waals surface area contributed by atoms with Crippen molar-refractivity contribution in [2.24, 2.45) is 5.73 Å². The van der Waals surface area contributed by atoms with E-state index in [-0.39, 0.29) is 10.8 Å². The lowest BCUT2D eigenvalue weighted by Crippen LogP contribution is -2.42. The summed E-state index contributed by atoms with van der Waals surface area (Å²) in [7, 11) is -4.03. The molecular weight excluding hydrogens is 322 g/mol. The van der Waals surface area contributed by atoms with Crippen molar-refractivity contribution >= 4 is 22.0 Å². The molecule has 2 aromatic rings. The van der Waals surface area contributed by atoms with Crippen molar-refractivity contribution in [2.45, 2.75) is 6.92 Å². The molecule has 0 fully saturated rings. The predicted octanol–water partition coefficient (Wildman–Crippen LogP) is 1.48. The van der Waals surface area contributed by atoms with E-state index in [2.05, 4.69) is 4.28 Å². The van der Waals surface area contributed by atoms with Crippen LogP contribution in [0.25, 0.3) is 11.3 Å². The molecule has 1 aromatic carbocycles. The van der Waals surface area contributed by atoms with Crippen molar-refractivity contribution < 1.29 is 21.9 Å². The molecule has 23 heavy (non-hydrogen) atoms. The second-order valence-electron chi connectivity index (χ2n) is 4.79. The molecule has 122 valence electrons. The highest BCUT2D eigenvalue weighted by atomic mass is 32.2. The maximum absolute atomic E-state index is 12.2. The molecule has 0 bridgehead atoms. The van der Waals surface area contributed by atoms with E-state index in [9.17, 15) is 13.2 Å². The van der Waals surface area contributed by atoms with Crippen molar-refractivity contribution in [3.63, 3.8) is 0 Å². The highest BCUT2D eigenvalue weighted by Crippen LogP contribution is 2.23. The van der Waals surface area contributed by atoms with E-state index in [1.165, 1.54) is 6.07 Å². The zero-order valence-electron chi connectivity index (χ0n) is 12.4. The minimum Gasteiger partial charge on any atom is -0.451 e. The van der Waals surface area contributed by atoms with Gasteiger partial charge in [-0.2, -0.15) is 8.42 Å². The fraction of sp³-hybridized carbons (Fsp3) is 0.143. The van der Waals surface area contributed by atoms with Crippen LogP contribution in [-0.2, 0) is 14.4 Å². The molecule has 0 saturated heterocycles. The number of nitrogens with one attached hydrogen (secondary N) is 1. The first-order valence-electron chi connectivity index (χ1n) is 6.42. The number of carbonyl (C=O) groups is 1. The van der Waals surface area contributed by atoms with E-state index in [4.69, 9.17) is 15.6 Å². The minimum atomic E-state index is -4.03. The maximum atomic E-state index is 12.2. The van der Waals surface area contributed by atoms with Crippen LogP contribution in [0.3, 0.4) is 0 Å². The number of furan rings is 1. The van der Waals surface area contributed by atoms with Crippen molar-refractivity contribution in [1.82, 2.24) is 5.06 Å². The van der Waals surface area contributed by atoms with E-state index in [1.807, 2.05) is 31.2 Å². The number of hydrogen-bond acceptors (Lipinski definition) is 6. The molecule has 0 saturated carbocycles. The average molecular weight is 337 g/mol. The molecule has 0 aliphatic heterocycles. The number of rotatable bonds is 4. The number of guanidine groups is 1. The fourth-order valence-corrected chi connectivity index (χ4v) is 2.16. The number of carbonyl (C=O) groups excluding carboxylic acids is 1. The fourth-order valence-electron chi connectivity index (χ4n) is 1.74. The SMILES string of the molecule is Cc1ccc(-c2ccc(C(=O)N(OS(C)(=O)=O)C(=N)N)o2)cc1. The van der Waals surface area contributed by atoms with Gasteiger partial charge in [0.05, 0.1) is 6.26 Å². The predicted molar refractivity (Wildman–Crippen MR) is 82.9 cm³/mol. The van der Waals surface area contributed by atoms with Crippen molar-refractivity contribution in [3.8, 4) is 11.3 Å². The van der Waals surface area contributed by atoms with Crippen LogP contribution in [0.4, 0.5) is 0 Å². The average Bonchev–Trinajstić information content (AvgIpc) is 2.93. The second-order valence-corrected chi connectivity index (χ2v) is 6.35. The van der Waals surface area contributed by atoms with Gasteiger partial charge >= 0.3 is 5.91 Å². The lowest BCUT2D eigenvalue weighted by atomic mass is 10.1. The van der Waals surface area contributed by atoms with Crippen LogP contribution in [0, 0.1) is 12.3 Å². The van der Waals surface area contributed by atoms with Crippen LogP contribution in [0.2, 0.25) is 0 Å². The number of aryl methyl sites for hydroxylation is 1. The van der Waals surface area contributed by atoms with Gasteiger partial charge in [0, 0.05) is 5.56 Å². The standard InChI is InChI=1S/C14H15N3O5S/c1-9-3-5-10(6-4-9)11-7-8-12(21-11)13(18)17(14(15)16)22-23(2,19)20/h3-8H,1-2H3,(H3,15,16). The summed E-state index contributed by atoms with van der Waals surface area (Å²) in [4.78, 5) is 12.2. The third kappa shape index (κ3) is 4.18. The van der Waals surface area contributed by atoms with E-state index >= 15 is 0 Å². The van der Waals surface area contributed by atoms with Gasteiger partial charge in [0.1, 0.15) is 5.76 Å². The van der Waals surface area contributed by atoms with Gasteiger partial charge in [-0.25, -0.2) is 0 Å². The molecule has 0 aliphatic carbocycles. The van der Waals surface area contributed by atoms with E-state index in [0.717, 1.165) is 17.4 Å². The van der Waals surface area contributed by atoms with Crippen molar-refractivity contribution in [3.05, 3.63) is 47.7 Å². The first kappa shape index (κ1) is 16.7. The summed E-state index contributed by atoms with van der Waals surface area (Å²) in [6.45, 7) is 1.94. The van der Waals surface area contributed by atoms with Crippen LogP contribution in [-0.4, -0.2) is 31.6 Å². The molecule has 2 rings (SSSR count). The molecule has 8 nitrogen and oxygen atoms in total. The largest absolute Gasteiger partial charge is 0.451 e. The number of hydrogen-bond donors (Lipinski definition) is 2. The highest BCUT2D eigenvalue weighted by molar-refractivity contribution is 7.85. The van der Waals surface area contributed by atoms with Gasteiger partial charge in [-0.05, 0) is 19.1 Å². The van der Waals surface area contributed by atoms with Crippen LogP contribution in [0.15, 0.2) is 40.8 Å². The van der Waals surface area contributed by atoms with E-state index in [1.54, 1.807) is 6.07 Å². The Morgan fingerprint density at radius 2 is 1.83 bits per heavy atom. The Kier molecular flexibility index (Phi) is 4.52. The van der Waals surface area contributed by atoms with Gasteiger partial charge in [0.25, 0.3) is 10.1 Å². The molecule has 1 amide bonds. The molecule has 1 aromatic heterocycles. The summed E-state index contributed by atoms with van der Waals surface area (Å²) in [5.74, 6) is -1.68. The monoisotopic (exact) mass is 337 g/mol. The molecule has 0 radical (unpaired) electrons. The first-order chi connectivity index (χ1) is 10.7. The van der Waals surface area contributed by atoms with Crippen LogP contribution < -0.4 is 5.73 Å². The zero-order chi connectivity index (χ0) is 17.2. The Morgan fingerprint density at radius 3 is 2.35 bits per heavy atom. The Hall–Kier alpha value is -2.65. The lowest BCUT2D eigenvalue weighted by Gasteiger charge is -2.16. The maximum Gasteiger partial charge on any atom is 0.321 e. The third-order valence-electron chi connectivity index (χ3n) is 2.77. The van der Waals surface area contributed by atoms with Crippen molar-refractivity contribution in [1.29, 1.82) is 5.41 Å². The Morgan fingerprint density at radius 1 is 1.22 bits per heavy atom. The summed E-state index contributed by atoms with van der Waals surface area (Å²) in [6, 6.07) is 10.3. The molecule has 0 atom stereocenters. The number of nitrogens with two attached hydrogens (primary N) is 1. The van der Waals surface area contributed by atoms with Crippen LogP contribution in [0.1, 0.15) is 16.1 Å². The summed E-state index contributed by atoms with van der Waals surface area (Å²) < 4.78 is 32.1. The van der Waals surface area contributed by atoms with Gasteiger partial charge in [-0.15, -0.1) is 9.35 Å². The normalized spacial score (nSPS) is 11.2. The quantitative estimate of drug-likeness (QED) is 0.494. The molecule has 1 heterocycles. The van der Waals surface area contributed by atoms with Gasteiger partial charge in [0.15, 0.2) is 5.76 Å². The Balaban J connectivity index is 2.29. The molecule has 0 unspecified atom stereocenters. The molecular formula is C14H15N3O5S. The van der Waals surface area contributed by atoms with Gasteiger partial charge in [-0.1, -0.05) is 29.8 Å². The molecule has 3 N–H and O–H groups in total. The van der Waals surface area contributed by atoms with Crippen LogP contribution >= 0.6 is 0 Å². The summed E-state index contributed by atoms with van der Waals surface area (Å²) >= 11 is 0. The van der Waals surface area contributed by atoms with E-state index in [0.29, 0.717) is 5.76 Å². The number of amides is 1. The van der Waals surface area contributed by atoms with Gasteiger partial charge in [0.2, 0.25) is 5.96 Å². The molecule has 9 heteroatoms. The number of benzene rings is 1. The van der Waals surface area contributed by atoms with Crippen LogP contribution in [0.5, 0.6) is 0 Å². The van der Waals surface area contributed by atoms with E-state index < -0.39 is 22.0 Å². The number of hydroxylamine groups is 2. The molecule has 0 aliphatic rings. The first-order valence-corrected chi connectivity index (χ1v) is 8.24. The second kappa shape index (κ2) is 6.23. The summed E-state index contributed by atoms with van der Waals surface area (Å²) in [5, 5.41) is 7.40. The number of nitrogens with zero attached hydrogens (tertiary/aromatic N) is 1. The molecule has 0 spiro atoms. The van der Waals surface area contributed by atoms with Gasteiger partial charge < -0.3 is 10.2 Å². The lowest BCUT2D eigenvalue weighted by molar-refractivity contribution is 0.0173. The summed E-state index contributed by atoms with van der Waals surface area (Å²) in [6.07, 6.45) is 0.732. The third-order valence-corrected chi connectivity index (χ3v) is 3.19. The van der Waals surface area contributed by atoms with Crippen molar-refractivity contribution in [2.75, 3.05) is 6.26 Å². The smallest absolute Gasteiger partial charge is 0.321 e. The van der Waals surface area contributed by atoms with Gasteiger partial charge in [-0.3, -0.25) is 10.2 Å². The zero-order valence-corrected chi connectivity index (χ0v) is 13.3. The Bertz CT molecular complexity index is 840. The minimum absolute atomic E-state index is 0.146. The Labute approximate surface area is 133 Å². The summed E-state index contributed by atoms with van der Waals surface area (Å²) in [5.41, 5.74) is 6.99.